The minimum Gasteiger partial charge on any atom is -0.462 e. The van der Waals surface area contributed by atoms with E-state index in [1.54, 1.807) is 6.92 Å². The zero-order valence-corrected chi connectivity index (χ0v) is 14.1. The number of thiophene rings is 1. The smallest absolute Gasteiger partial charge is 0.348 e. The first kappa shape index (κ1) is 16.2. The van der Waals surface area contributed by atoms with Crippen molar-refractivity contribution in [2.24, 2.45) is 0 Å². The first-order valence-electron chi connectivity index (χ1n) is 7.70. The van der Waals surface area contributed by atoms with Crippen molar-refractivity contribution in [1.82, 2.24) is 0 Å². The highest BCUT2D eigenvalue weighted by atomic mass is 32.1. The van der Waals surface area contributed by atoms with Crippen molar-refractivity contribution in [2.75, 3.05) is 11.9 Å². The molecule has 2 aromatic carbocycles. The molecule has 1 aromatic heterocycles. The Balaban J connectivity index is 1.73. The van der Waals surface area contributed by atoms with E-state index in [4.69, 9.17) is 4.74 Å². The number of carbonyl (C=O) groups is 2. The maximum Gasteiger partial charge on any atom is 0.348 e. The summed E-state index contributed by atoms with van der Waals surface area (Å²) in [5, 5.41) is 3.85. The van der Waals surface area contributed by atoms with Crippen molar-refractivity contribution in [1.29, 1.82) is 0 Å². The van der Waals surface area contributed by atoms with Gasteiger partial charge in [-0.3, -0.25) is 4.79 Å². The van der Waals surface area contributed by atoms with Crippen molar-refractivity contribution in [3.8, 4) is 0 Å². The third kappa shape index (κ3) is 3.81. The number of esters is 1. The highest BCUT2D eigenvalue weighted by molar-refractivity contribution is 7.20. The van der Waals surface area contributed by atoms with Crippen molar-refractivity contribution < 1.29 is 14.3 Å². The zero-order valence-electron chi connectivity index (χ0n) is 13.2. The normalized spacial score (nSPS) is 10.5. The van der Waals surface area contributed by atoms with Crippen LogP contribution in [0.4, 0.5) is 5.69 Å². The van der Waals surface area contributed by atoms with Crippen molar-refractivity contribution in [3.63, 3.8) is 0 Å². The molecule has 0 unspecified atom stereocenters. The van der Waals surface area contributed by atoms with E-state index in [0.717, 1.165) is 21.3 Å². The molecule has 0 saturated heterocycles. The van der Waals surface area contributed by atoms with Gasteiger partial charge in [-0.25, -0.2) is 4.79 Å². The van der Waals surface area contributed by atoms with E-state index in [1.807, 2.05) is 54.6 Å². The lowest BCUT2D eigenvalue weighted by Crippen LogP contribution is -2.14. The lowest BCUT2D eigenvalue weighted by atomic mass is 10.1. The average Bonchev–Trinajstić information content (AvgIpc) is 2.99. The summed E-state index contributed by atoms with van der Waals surface area (Å²) in [6.45, 7) is 2.15. The van der Waals surface area contributed by atoms with Gasteiger partial charge in [-0.1, -0.05) is 30.3 Å². The fraction of sp³-hybridized carbons (Fsp3) is 0.158. The molecule has 0 aliphatic carbocycles. The SMILES string of the molecule is CCOC(=O)c1cc2ccc(CC(=O)Nc3ccccc3)cc2s1. The van der Waals surface area contributed by atoms with Gasteiger partial charge < -0.3 is 10.1 Å². The van der Waals surface area contributed by atoms with Crippen LogP contribution in [0.25, 0.3) is 10.1 Å². The second-order valence-corrected chi connectivity index (χ2v) is 6.38. The standard InChI is InChI=1S/C19H17NO3S/c1-2-23-19(22)17-12-14-9-8-13(10-16(14)24-17)11-18(21)20-15-6-4-3-5-7-15/h3-10,12H,2,11H2,1H3,(H,20,21). The molecule has 0 radical (unpaired) electrons. The summed E-state index contributed by atoms with van der Waals surface area (Å²) in [5.41, 5.74) is 1.69. The summed E-state index contributed by atoms with van der Waals surface area (Å²) in [5.74, 6) is -0.371. The molecule has 0 spiro atoms. The lowest BCUT2D eigenvalue weighted by Gasteiger charge is -2.05. The summed E-state index contributed by atoms with van der Waals surface area (Å²) < 4.78 is 6.00. The van der Waals surface area contributed by atoms with Gasteiger partial charge in [0.15, 0.2) is 0 Å². The van der Waals surface area contributed by atoms with Gasteiger partial charge >= 0.3 is 5.97 Å². The second kappa shape index (κ2) is 7.27. The number of amides is 1. The monoisotopic (exact) mass is 339 g/mol. The van der Waals surface area contributed by atoms with E-state index in [9.17, 15) is 9.59 Å². The molecule has 0 bridgehead atoms. The fourth-order valence-electron chi connectivity index (χ4n) is 2.40. The van der Waals surface area contributed by atoms with E-state index in [-0.39, 0.29) is 18.3 Å². The van der Waals surface area contributed by atoms with Crippen LogP contribution in [-0.4, -0.2) is 18.5 Å². The van der Waals surface area contributed by atoms with Gasteiger partial charge in [0.1, 0.15) is 4.88 Å². The summed E-state index contributed by atoms with van der Waals surface area (Å²) in [6, 6.07) is 17.0. The lowest BCUT2D eigenvalue weighted by molar-refractivity contribution is -0.115. The molecule has 24 heavy (non-hydrogen) atoms. The Labute approximate surface area is 144 Å². The van der Waals surface area contributed by atoms with Crippen LogP contribution >= 0.6 is 11.3 Å². The number of ether oxygens (including phenoxy) is 1. The third-order valence-electron chi connectivity index (χ3n) is 3.48. The Morgan fingerprint density at radius 2 is 1.88 bits per heavy atom. The van der Waals surface area contributed by atoms with Crippen LogP contribution in [0.3, 0.4) is 0 Å². The molecular formula is C19H17NO3S. The molecule has 5 heteroatoms. The molecule has 0 saturated carbocycles. The van der Waals surface area contributed by atoms with Crippen LogP contribution in [0.1, 0.15) is 22.2 Å². The molecule has 1 amide bonds. The molecular weight excluding hydrogens is 322 g/mol. The Hall–Kier alpha value is -2.66. The van der Waals surface area contributed by atoms with Crippen LogP contribution in [0.5, 0.6) is 0 Å². The maximum absolute atomic E-state index is 12.1. The van der Waals surface area contributed by atoms with E-state index in [2.05, 4.69) is 5.32 Å². The minimum atomic E-state index is -0.304. The van der Waals surface area contributed by atoms with Gasteiger partial charge in [0, 0.05) is 10.4 Å². The molecule has 0 aliphatic heterocycles. The quantitative estimate of drug-likeness (QED) is 0.707. The molecule has 0 aliphatic rings. The number of anilines is 1. The summed E-state index contributed by atoms with van der Waals surface area (Å²) in [6.07, 6.45) is 0.289. The summed E-state index contributed by atoms with van der Waals surface area (Å²) in [4.78, 5) is 24.5. The van der Waals surface area contributed by atoms with E-state index in [0.29, 0.717) is 11.5 Å². The Kier molecular flexibility index (Phi) is 4.91. The number of hydrogen-bond acceptors (Lipinski definition) is 4. The molecule has 1 N–H and O–H groups in total. The van der Waals surface area contributed by atoms with E-state index in [1.165, 1.54) is 11.3 Å². The van der Waals surface area contributed by atoms with Crippen LogP contribution in [0.2, 0.25) is 0 Å². The molecule has 122 valence electrons. The van der Waals surface area contributed by atoms with Crippen molar-refractivity contribution >= 4 is 39.0 Å². The topological polar surface area (TPSA) is 55.4 Å². The predicted octanol–water partition coefficient (Wildman–Crippen LogP) is 4.26. The molecule has 3 rings (SSSR count). The Morgan fingerprint density at radius 1 is 1.08 bits per heavy atom. The third-order valence-corrected chi connectivity index (χ3v) is 4.56. The molecule has 0 fully saturated rings. The fourth-order valence-corrected chi connectivity index (χ4v) is 3.42. The number of carbonyl (C=O) groups excluding carboxylic acids is 2. The Bertz CT molecular complexity index is 871. The number of hydrogen-bond donors (Lipinski definition) is 1. The number of rotatable bonds is 5. The largest absolute Gasteiger partial charge is 0.462 e. The highest BCUT2D eigenvalue weighted by Crippen LogP contribution is 2.27. The first-order chi connectivity index (χ1) is 11.7. The van der Waals surface area contributed by atoms with Gasteiger partial charge in [0.05, 0.1) is 13.0 Å². The van der Waals surface area contributed by atoms with Crippen LogP contribution < -0.4 is 5.32 Å². The van der Waals surface area contributed by atoms with Crippen LogP contribution in [-0.2, 0) is 16.0 Å². The minimum absolute atomic E-state index is 0.0669. The van der Waals surface area contributed by atoms with Crippen LogP contribution in [0, 0.1) is 0 Å². The maximum atomic E-state index is 12.1. The van der Waals surface area contributed by atoms with Crippen molar-refractivity contribution in [2.45, 2.75) is 13.3 Å². The van der Waals surface area contributed by atoms with Gasteiger partial charge in [0.2, 0.25) is 5.91 Å². The van der Waals surface area contributed by atoms with E-state index >= 15 is 0 Å². The molecule has 0 atom stereocenters. The van der Waals surface area contributed by atoms with Crippen molar-refractivity contribution in [3.05, 3.63) is 65.0 Å². The van der Waals surface area contributed by atoms with Gasteiger partial charge in [-0.2, -0.15) is 0 Å². The molecule has 1 heterocycles. The predicted molar refractivity (Wildman–Crippen MR) is 96.6 cm³/mol. The number of para-hydroxylation sites is 1. The average molecular weight is 339 g/mol. The van der Waals surface area contributed by atoms with E-state index < -0.39 is 0 Å². The van der Waals surface area contributed by atoms with Crippen LogP contribution in [0.15, 0.2) is 54.6 Å². The van der Waals surface area contributed by atoms with Gasteiger partial charge in [0.25, 0.3) is 0 Å². The molecule has 4 nitrogen and oxygen atoms in total. The highest BCUT2D eigenvalue weighted by Gasteiger charge is 2.12. The number of fused-ring (bicyclic) bond motifs is 1. The number of nitrogens with one attached hydrogen (secondary N) is 1. The number of benzene rings is 2. The zero-order chi connectivity index (χ0) is 16.9. The second-order valence-electron chi connectivity index (χ2n) is 5.29. The first-order valence-corrected chi connectivity index (χ1v) is 8.52. The summed E-state index contributed by atoms with van der Waals surface area (Å²) >= 11 is 1.38. The van der Waals surface area contributed by atoms with Gasteiger partial charge in [-0.15, -0.1) is 11.3 Å². The van der Waals surface area contributed by atoms with Gasteiger partial charge in [-0.05, 0) is 42.1 Å². The summed E-state index contributed by atoms with van der Waals surface area (Å²) in [7, 11) is 0. The Morgan fingerprint density at radius 3 is 2.62 bits per heavy atom. The molecule has 3 aromatic rings.